The number of hydrogen-bond donors (Lipinski definition) is 1. The van der Waals surface area contributed by atoms with Crippen LogP contribution in [-0.4, -0.2) is 24.5 Å². The lowest BCUT2D eigenvalue weighted by molar-refractivity contribution is 0.102. The second kappa shape index (κ2) is 9.25. The number of anilines is 1. The minimum Gasteiger partial charge on any atom is -0.497 e. The maximum Gasteiger partial charge on any atom is 0.255 e. The molecule has 31 heavy (non-hydrogen) atoms. The molecule has 0 fully saturated rings. The van der Waals surface area contributed by atoms with Gasteiger partial charge in [-0.05, 0) is 48.5 Å². The van der Waals surface area contributed by atoms with Crippen LogP contribution in [0.4, 0.5) is 5.69 Å². The van der Waals surface area contributed by atoms with E-state index in [1.54, 1.807) is 31.4 Å². The Morgan fingerprint density at radius 2 is 1.87 bits per heavy atom. The van der Waals surface area contributed by atoms with E-state index in [1.165, 1.54) is 0 Å². The lowest BCUT2D eigenvalue weighted by atomic mass is 10.1. The number of fused-ring (bicyclic) bond motifs is 2. The zero-order valence-corrected chi connectivity index (χ0v) is 18.0. The average molecular weight is 435 g/mol. The van der Waals surface area contributed by atoms with E-state index in [-0.39, 0.29) is 5.91 Å². The molecule has 4 rings (SSSR count). The molecule has 0 radical (unpaired) electrons. The maximum atomic E-state index is 12.6. The van der Waals surface area contributed by atoms with Crippen molar-refractivity contribution in [2.45, 2.75) is 13.1 Å². The van der Waals surface area contributed by atoms with Gasteiger partial charge in [0.1, 0.15) is 17.2 Å². The van der Waals surface area contributed by atoms with Gasteiger partial charge in [-0.2, -0.15) is 0 Å². The summed E-state index contributed by atoms with van der Waals surface area (Å²) in [6.45, 7) is 5.99. The van der Waals surface area contributed by atoms with Crippen LogP contribution in [0.2, 0.25) is 5.02 Å². The van der Waals surface area contributed by atoms with E-state index in [1.807, 2.05) is 42.5 Å². The van der Waals surface area contributed by atoms with Crippen LogP contribution in [0.3, 0.4) is 0 Å². The number of benzene rings is 3. The number of nitrogens with zero attached hydrogens (tertiary/aromatic N) is 1. The number of nitrogens with one attached hydrogen (secondary N) is 1. The Hall–Kier alpha value is -3.28. The minimum absolute atomic E-state index is 0.193. The van der Waals surface area contributed by atoms with Crippen LogP contribution < -0.4 is 14.8 Å². The zero-order valence-electron chi connectivity index (χ0n) is 17.2. The van der Waals surface area contributed by atoms with Crippen molar-refractivity contribution in [3.63, 3.8) is 0 Å². The second-order valence-electron chi connectivity index (χ2n) is 7.32. The van der Waals surface area contributed by atoms with Crippen LogP contribution in [0, 0.1) is 0 Å². The molecular formula is C25H23ClN2O3. The van der Waals surface area contributed by atoms with Crippen molar-refractivity contribution in [2.24, 2.45) is 0 Å². The molecule has 0 saturated heterocycles. The standard InChI is InChI=1S/C25H23ClN2O3/c1-3-12-28-15-18-6-10-22(30-2)14-24(18)31-23-11-9-21(13-19(23)16-28)27-25(29)17-4-7-20(26)8-5-17/h3-11,13-14H,1,12,15-16H2,2H3,(H,27,29). The molecular weight excluding hydrogens is 412 g/mol. The summed E-state index contributed by atoms with van der Waals surface area (Å²) >= 11 is 5.91. The van der Waals surface area contributed by atoms with Gasteiger partial charge in [0.2, 0.25) is 0 Å². The Morgan fingerprint density at radius 1 is 1.10 bits per heavy atom. The summed E-state index contributed by atoms with van der Waals surface area (Å²) in [5.74, 6) is 2.05. The van der Waals surface area contributed by atoms with Crippen LogP contribution in [0.1, 0.15) is 21.5 Å². The van der Waals surface area contributed by atoms with Crippen molar-refractivity contribution >= 4 is 23.2 Å². The number of rotatable bonds is 5. The molecule has 0 aliphatic carbocycles. The van der Waals surface area contributed by atoms with Crippen molar-refractivity contribution < 1.29 is 14.3 Å². The SMILES string of the molecule is C=CCN1Cc2cc(NC(=O)c3ccc(Cl)cc3)ccc2Oc2cc(OC)ccc2C1. The monoisotopic (exact) mass is 434 g/mol. The number of ether oxygens (including phenoxy) is 2. The molecule has 0 spiro atoms. The van der Waals surface area contributed by atoms with Crippen molar-refractivity contribution in [2.75, 3.05) is 19.0 Å². The summed E-state index contributed by atoms with van der Waals surface area (Å²) in [5.41, 5.74) is 3.30. The van der Waals surface area contributed by atoms with Crippen LogP contribution in [0.25, 0.3) is 0 Å². The fraction of sp³-hybridized carbons (Fsp3) is 0.160. The summed E-state index contributed by atoms with van der Waals surface area (Å²) in [4.78, 5) is 14.9. The molecule has 0 unspecified atom stereocenters. The Bertz CT molecular complexity index is 1110. The molecule has 0 saturated carbocycles. The Balaban J connectivity index is 1.64. The third kappa shape index (κ3) is 4.90. The number of halogens is 1. The quantitative estimate of drug-likeness (QED) is 0.508. The van der Waals surface area contributed by atoms with Crippen LogP contribution in [0.5, 0.6) is 17.2 Å². The first-order valence-corrected chi connectivity index (χ1v) is 10.3. The van der Waals surface area contributed by atoms with Gasteiger partial charge in [-0.15, -0.1) is 6.58 Å². The third-order valence-electron chi connectivity index (χ3n) is 5.09. The lowest BCUT2D eigenvalue weighted by Crippen LogP contribution is -2.25. The summed E-state index contributed by atoms with van der Waals surface area (Å²) in [7, 11) is 1.64. The van der Waals surface area contributed by atoms with E-state index in [2.05, 4.69) is 16.8 Å². The Morgan fingerprint density at radius 3 is 2.61 bits per heavy atom. The fourth-order valence-corrected chi connectivity index (χ4v) is 3.67. The highest BCUT2D eigenvalue weighted by atomic mass is 35.5. The highest BCUT2D eigenvalue weighted by Gasteiger charge is 2.19. The highest BCUT2D eigenvalue weighted by Crippen LogP contribution is 2.36. The summed E-state index contributed by atoms with van der Waals surface area (Å²) in [5, 5.41) is 3.54. The maximum absolute atomic E-state index is 12.6. The zero-order chi connectivity index (χ0) is 21.8. The number of carbonyl (C=O) groups is 1. The number of amides is 1. The predicted octanol–water partition coefficient (Wildman–Crippen LogP) is 5.89. The van der Waals surface area contributed by atoms with Gasteiger partial charge in [-0.1, -0.05) is 23.7 Å². The number of methoxy groups -OCH3 is 1. The van der Waals surface area contributed by atoms with Crippen molar-refractivity contribution in [1.82, 2.24) is 4.90 Å². The summed E-state index contributed by atoms with van der Waals surface area (Å²) < 4.78 is 11.6. The molecule has 1 aliphatic heterocycles. The number of hydrogen-bond acceptors (Lipinski definition) is 4. The van der Waals surface area contributed by atoms with Crippen LogP contribution in [-0.2, 0) is 13.1 Å². The molecule has 1 heterocycles. The van der Waals surface area contributed by atoms with Gasteiger partial charge in [0, 0.05) is 53.1 Å². The van der Waals surface area contributed by atoms with Crippen LogP contribution in [0.15, 0.2) is 73.3 Å². The predicted molar refractivity (Wildman–Crippen MR) is 123 cm³/mol. The minimum atomic E-state index is -0.193. The summed E-state index contributed by atoms with van der Waals surface area (Å²) in [6, 6.07) is 18.3. The molecule has 1 aliphatic rings. The lowest BCUT2D eigenvalue weighted by Gasteiger charge is -2.27. The Labute approximate surface area is 186 Å². The van der Waals surface area contributed by atoms with Gasteiger partial charge < -0.3 is 14.8 Å². The first-order chi connectivity index (χ1) is 15.1. The van der Waals surface area contributed by atoms with Gasteiger partial charge in [-0.3, -0.25) is 9.69 Å². The third-order valence-corrected chi connectivity index (χ3v) is 5.35. The molecule has 6 heteroatoms. The first kappa shape index (κ1) is 21.0. The smallest absolute Gasteiger partial charge is 0.255 e. The number of carbonyl (C=O) groups excluding carboxylic acids is 1. The average Bonchev–Trinajstić information content (AvgIpc) is 2.75. The van der Waals surface area contributed by atoms with E-state index in [0.717, 1.165) is 34.9 Å². The van der Waals surface area contributed by atoms with Gasteiger partial charge in [-0.25, -0.2) is 0 Å². The van der Waals surface area contributed by atoms with Crippen molar-refractivity contribution in [3.05, 3.63) is 95.0 Å². The molecule has 0 bridgehead atoms. The molecule has 0 aromatic heterocycles. The highest BCUT2D eigenvalue weighted by molar-refractivity contribution is 6.30. The van der Waals surface area contributed by atoms with Crippen LogP contribution >= 0.6 is 11.6 Å². The van der Waals surface area contributed by atoms with E-state index >= 15 is 0 Å². The topological polar surface area (TPSA) is 50.8 Å². The van der Waals surface area contributed by atoms with Gasteiger partial charge in [0.05, 0.1) is 7.11 Å². The fourth-order valence-electron chi connectivity index (χ4n) is 3.54. The molecule has 3 aromatic rings. The van der Waals surface area contributed by atoms with E-state index < -0.39 is 0 Å². The van der Waals surface area contributed by atoms with E-state index in [9.17, 15) is 4.79 Å². The van der Waals surface area contributed by atoms with Gasteiger partial charge in [0.25, 0.3) is 5.91 Å². The molecule has 158 valence electrons. The molecule has 1 N–H and O–H groups in total. The van der Waals surface area contributed by atoms with Gasteiger partial charge in [0.15, 0.2) is 0 Å². The van der Waals surface area contributed by atoms with E-state index in [4.69, 9.17) is 21.1 Å². The van der Waals surface area contributed by atoms with Crippen molar-refractivity contribution in [1.29, 1.82) is 0 Å². The summed E-state index contributed by atoms with van der Waals surface area (Å²) in [6.07, 6.45) is 1.89. The first-order valence-electron chi connectivity index (χ1n) is 9.93. The largest absolute Gasteiger partial charge is 0.497 e. The normalized spacial score (nSPS) is 13.1. The molecule has 3 aromatic carbocycles. The second-order valence-corrected chi connectivity index (χ2v) is 7.75. The molecule has 0 atom stereocenters. The van der Waals surface area contributed by atoms with Crippen molar-refractivity contribution in [3.8, 4) is 17.2 Å². The van der Waals surface area contributed by atoms with Gasteiger partial charge >= 0.3 is 0 Å². The molecule has 1 amide bonds. The van der Waals surface area contributed by atoms with E-state index in [0.29, 0.717) is 29.4 Å². The molecule has 5 nitrogen and oxygen atoms in total. The Kier molecular flexibility index (Phi) is 6.26.